The van der Waals surface area contributed by atoms with Crippen molar-refractivity contribution in [2.45, 2.75) is 13.3 Å². The zero-order valence-electron chi connectivity index (χ0n) is 8.60. The molecular weight excluding hydrogens is 200 g/mol. The molecule has 0 aliphatic carbocycles. The second-order valence-electron chi connectivity index (χ2n) is 3.32. The molecule has 0 aromatic rings. The molecule has 2 amide bonds. The fourth-order valence-corrected chi connectivity index (χ4v) is 1.46. The Morgan fingerprint density at radius 3 is 2.33 bits per heavy atom. The number of amides is 2. The van der Waals surface area contributed by atoms with Gasteiger partial charge in [-0.15, -0.1) is 0 Å². The molecule has 0 bridgehead atoms. The van der Waals surface area contributed by atoms with Crippen LogP contribution in [0.4, 0.5) is 0 Å². The summed E-state index contributed by atoms with van der Waals surface area (Å²) in [6.07, 6.45) is -0.120. The Kier molecular flexibility index (Phi) is 3.65. The Bertz CT molecular complexity index is 290. The molecule has 6 heteroatoms. The van der Waals surface area contributed by atoms with E-state index in [1.165, 1.54) is 9.80 Å². The van der Waals surface area contributed by atoms with Gasteiger partial charge in [-0.2, -0.15) is 0 Å². The van der Waals surface area contributed by atoms with Crippen molar-refractivity contribution in [3.05, 3.63) is 0 Å². The molecule has 0 aromatic carbocycles. The van der Waals surface area contributed by atoms with Gasteiger partial charge in [0.25, 0.3) is 0 Å². The highest BCUT2D eigenvalue weighted by Crippen LogP contribution is 2.05. The topological polar surface area (TPSA) is 77.9 Å². The van der Waals surface area contributed by atoms with E-state index in [-0.39, 0.29) is 13.0 Å². The maximum atomic E-state index is 11.4. The molecule has 0 spiro atoms. The monoisotopic (exact) mass is 214 g/mol. The van der Waals surface area contributed by atoms with Crippen molar-refractivity contribution >= 4 is 17.8 Å². The van der Waals surface area contributed by atoms with E-state index < -0.39 is 17.8 Å². The lowest BCUT2D eigenvalue weighted by molar-refractivity contribution is -0.156. The third kappa shape index (κ3) is 2.68. The van der Waals surface area contributed by atoms with E-state index in [0.29, 0.717) is 19.6 Å². The van der Waals surface area contributed by atoms with Gasteiger partial charge in [-0.25, -0.2) is 0 Å². The second kappa shape index (κ2) is 4.77. The molecule has 1 N–H and O–H groups in total. The summed E-state index contributed by atoms with van der Waals surface area (Å²) in [5.41, 5.74) is 0. The van der Waals surface area contributed by atoms with Crippen LogP contribution in [0.25, 0.3) is 0 Å². The maximum Gasteiger partial charge on any atom is 0.312 e. The SMILES string of the molecule is CCN1CCN(CCC(=O)O)C(=O)C1=O. The van der Waals surface area contributed by atoms with Crippen LogP contribution in [0.5, 0.6) is 0 Å². The fraction of sp³-hybridized carbons (Fsp3) is 0.667. The summed E-state index contributed by atoms with van der Waals surface area (Å²) in [7, 11) is 0. The van der Waals surface area contributed by atoms with Crippen molar-refractivity contribution < 1.29 is 19.5 Å². The predicted octanol–water partition coefficient (Wildman–Crippen LogP) is -0.848. The van der Waals surface area contributed by atoms with Crippen molar-refractivity contribution in [1.29, 1.82) is 0 Å². The van der Waals surface area contributed by atoms with E-state index in [1.807, 2.05) is 0 Å². The van der Waals surface area contributed by atoms with Crippen molar-refractivity contribution in [1.82, 2.24) is 9.80 Å². The molecular formula is C9H14N2O4. The van der Waals surface area contributed by atoms with Crippen LogP contribution in [0.3, 0.4) is 0 Å². The minimum absolute atomic E-state index is 0.109. The average molecular weight is 214 g/mol. The number of rotatable bonds is 4. The first-order valence-electron chi connectivity index (χ1n) is 4.86. The molecule has 6 nitrogen and oxygen atoms in total. The number of hydrogen-bond donors (Lipinski definition) is 1. The molecule has 0 aromatic heterocycles. The summed E-state index contributed by atoms with van der Waals surface area (Å²) in [4.78, 5) is 35.9. The van der Waals surface area contributed by atoms with Gasteiger partial charge in [0.05, 0.1) is 6.42 Å². The van der Waals surface area contributed by atoms with Crippen LogP contribution in [0, 0.1) is 0 Å². The third-order valence-electron chi connectivity index (χ3n) is 2.37. The normalized spacial score (nSPS) is 17.1. The molecule has 1 fully saturated rings. The summed E-state index contributed by atoms with van der Waals surface area (Å²) >= 11 is 0. The maximum absolute atomic E-state index is 11.4. The van der Waals surface area contributed by atoms with E-state index in [1.54, 1.807) is 6.92 Å². The lowest BCUT2D eigenvalue weighted by atomic mass is 10.2. The van der Waals surface area contributed by atoms with Crippen LogP contribution in [0.15, 0.2) is 0 Å². The lowest BCUT2D eigenvalue weighted by Crippen LogP contribution is -2.54. The number of carboxylic acids is 1. The van der Waals surface area contributed by atoms with Crippen LogP contribution in [0.1, 0.15) is 13.3 Å². The quantitative estimate of drug-likeness (QED) is 0.618. The third-order valence-corrected chi connectivity index (χ3v) is 2.37. The zero-order valence-corrected chi connectivity index (χ0v) is 8.60. The minimum atomic E-state index is -0.965. The van der Waals surface area contributed by atoms with Crippen molar-refractivity contribution in [3.8, 4) is 0 Å². The van der Waals surface area contributed by atoms with Gasteiger partial charge >= 0.3 is 17.8 Å². The minimum Gasteiger partial charge on any atom is -0.481 e. The molecule has 1 rings (SSSR count). The summed E-state index contributed by atoms with van der Waals surface area (Å²) in [5.74, 6) is -2.09. The van der Waals surface area contributed by atoms with E-state index in [4.69, 9.17) is 5.11 Å². The first kappa shape index (κ1) is 11.5. The Labute approximate surface area is 87.5 Å². The largest absolute Gasteiger partial charge is 0.481 e. The number of carboxylic acid groups (broad SMARTS) is 1. The molecule has 1 saturated heterocycles. The van der Waals surface area contributed by atoms with Crippen molar-refractivity contribution in [2.24, 2.45) is 0 Å². The van der Waals surface area contributed by atoms with E-state index in [9.17, 15) is 14.4 Å². The summed E-state index contributed by atoms with van der Waals surface area (Å²) in [6.45, 7) is 3.33. The Balaban J connectivity index is 2.53. The highest BCUT2D eigenvalue weighted by atomic mass is 16.4. The van der Waals surface area contributed by atoms with Gasteiger partial charge in [-0.1, -0.05) is 0 Å². The van der Waals surface area contributed by atoms with Gasteiger partial charge in [-0.05, 0) is 6.92 Å². The van der Waals surface area contributed by atoms with Crippen LogP contribution < -0.4 is 0 Å². The van der Waals surface area contributed by atoms with Gasteiger partial charge in [0.1, 0.15) is 0 Å². The van der Waals surface area contributed by atoms with Gasteiger partial charge in [0.2, 0.25) is 0 Å². The molecule has 0 atom stereocenters. The van der Waals surface area contributed by atoms with Gasteiger partial charge in [-0.3, -0.25) is 14.4 Å². The number of likely N-dealkylation sites (N-methyl/N-ethyl adjacent to an activating group) is 1. The number of carbonyl (C=O) groups excluding carboxylic acids is 2. The Morgan fingerprint density at radius 1 is 1.27 bits per heavy atom. The zero-order chi connectivity index (χ0) is 11.4. The molecule has 0 unspecified atom stereocenters. The van der Waals surface area contributed by atoms with Crippen LogP contribution in [-0.2, 0) is 14.4 Å². The van der Waals surface area contributed by atoms with Crippen LogP contribution >= 0.6 is 0 Å². The highest BCUT2D eigenvalue weighted by molar-refractivity contribution is 6.35. The summed E-state index contributed by atoms with van der Waals surface area (Å²) in [6, 6.07) is 0. The van der Waals surface area contributed by atoms with Gasteiger partial charge < -0.3 is 14.9 Å². The number of piperazine rings is 1. The van der Waals surface area contributed by atoms with Gasteiger partial charge in [0, 0.05) is 26.2 Å². The fourth-order valence-electron chi connectivity index (χ4n) is 1.46. The Morgan fingerprint density at radius 2 is 1.80 bits per heavy atom. The standard InChI is InChI=1S/C9H14N2O4/c1-2-10-5-6-11(4-3-7(12)13)9(15)8(10)14/h2-6H2,1H3,(H,12,13). The molecule has 15 heavy (non-hydrogen) atoms. The van der Waals surface area contributed by atoms with Gasteiger partial charge in [0.15, 0.2) is 0 Å². The molecule has 1 aliphatic rings. The van der Waals surface area contributed by atoms with E-state index >= 15 is 0 Å². The summed E-state index contributed by atoms with van der Waals surface area (Å²) < 4.78 is 0. The molecule has 1 aliphatic heterocycles. The smallest absolute Gasteiger partial charge is 0.312 e. The number of carbonyl (C=O) groups is 3. The van der Waals surface area contributed by atoms with Crippen LogP contribution in [-0.4, -0.2) is 58.9 Å². The van der Waals surface area contributed by atoms with E-state index in [2.05, 4.69) is 0 Å². The predicted molar refractivity (Wildman–Crippen MR) is 51.1 cm³/mol. The van der Waals surface area contributed by atoms with Crippen LogP contribution in [0.2, 0.25) is 0 Å². The first-order valence-corrected chi connectivity index (χ1v) is 4.86. The number of hydrogen-bond acceptors (Lipinski definition) is 3. The first-order chi connectivity index (χ1) is 7.06. The molecule has 84 valence electrons. The Hall–Kier alpha value is -1.59. The van der Waals surface area contributed by atoms with Crippen molar-refractivity contribution in [3.63, 3.8) is 0 Å². The molecule has 0 saturated carbocycles. The second-order valence-corrected chi connectivity index (χ2v) is 3.32. The highest BCUT2D eigenvalue weighted by Gasteiger charge is 2.31. The molecule has 1 heterocycles. The number of aliphatic carboxylic acids is 1. The van der Waals surface area contributed by atoms with Crippen molar-refractivity contribution in [2.75, 3.05) is 26.2 Å². The summed E-state index contributed by atoms with van der Waals surface area (Å²) in [5, 5.41) is 8.46. The number of nitrogens with zero attached hydrogens (tertiary/aromatic N) is 2. The lowest BCUT2D eigenvalue weighted by Gasteiger charge is -2.32. The van der Waals surface area contributed by atoms with E-state index in [0.717, 1.165) is 0 Å². The average Bonchev–Trinajstić information content (AvgIpc) is 2.20. The molecule has 0 radical (unpaired) electrons.